The summed E-state index contributed by atoms with van der Waals surface area (Å²) in [6.07, 6.45) is 0. The first-order chi connectivity index (χ1) is 9.82. The standard InChI is InChI=1S/C16H12O4S/c1-9(17)11-3-5-13-14-6-4-12(10(2)18)8-16(14)21(19,20)15(13)7-11/h3-8H,1-2H3. The third-order valence-corrected chi connectivity index (χ3v) is 5.48. The van der Waals surface area contributed by atoms with Crippen LogP contribution in [0.15, 0.2) is 46.2 Å². The van der Waals surface area contributed by atoms with E-state index in [1.54, 1.807) is 24.3 Å². The molecule has 0 saturated carbocycles. The quantitative estimate of drug-likeness (QED) is 0.682. The molecule has 2 aromatic carbocycles. The van der Waals surface area contributed by atoms with E-state index in [-0.39, 0.29) is 21.4 Å². The van der Waals surface area contributed by atoms with E-state index in [2.05, 4.69) is 0 Å². The van der Waals surface area contributed by atoms with Crippen molar-refractivity contribution in [3.63, 3.8) is 0 Å². The molecule has 0 N–H and O–H groups in total. The summed E-state index contributed by atoms with van der Waals surface area (Å²) in [4.78, 5) is 23.1. The molecule has 106 valence electrons. The third-order valence-electron chi connectivity index (χ3n) is 3.65. The number of carbonyl (C=O) groups is 2. The lowest BCUT2D eigenvalue weighted by molar-refractivity contribution is 0.100. The van der Waals surface area contributed by atoms with Crippen molar-refractivity contribution in [1.29, 1.82) is 0 Å². The largest absolute Gasteiger partial charge is 0.295 e. The van der Waals surface area contributed by atoms with E-state index in [1.807, 2.05) is 0 Å². The van der Waals surface area contributed by atoms with Crippen molar-refractivity contribution < 1.29 is 18.0 Å². The number of ketones is 2. The van der Waals surface area contributed by atoms with Gasteiger partial charge in [0.15, 0.2) is 11.6 Å². The first-order valence-electron chi connectivity index (χ1n) is 6.38. The molecule has 4 nitrogen and oxygen atoms in total. The highest BCUT2D eigenvalue weighted by molar-refractivity contribution is 7.92. The number of benzene rings is 2. The van der Waals surface area contributed by atoms with Crippen LogP contribution in [0.5, 0.6) is 0 Å². The molecule has 0 bridgehead atoms. The fraction of sp³-hybridized carbons (Fsp3) is 0.125. The van der Waals surface area contributed by atoms with Gasteiger partial charge in [-0.05, 0) is 26.0 Å². The van der Waals surface area contributed by atoms with Crippen LogP contribution in [0.4, 0.5) is 0 Å². The predicted octanol–water partition coefficient (Wildman–Crippen LogP) is 2.91. The lowest BCUT2D eigenvalue weighted by Gasteiger charge is -2.01. The molecular formula is C16H12O4S. The van der Waals surface area contributed by atoms with E-state index in [0.29, 0.717) is 22.3 Å². The predicted molar refractivity (Wildman–Crippen MR) is 77.3 cm³/mol. The Labute approximate surface area is 122 Å². The summed E-state index contributed by atoms with van der Waals surface area (Å²) in [7, 11) is -3.68. The summed E-state index contributed by atoms with van der Waals surface area (Å²) in [6, 6.07) is 9.32. The zero-order valence-electron chi connectivity index (χ0n) is 11.5. The van der Waals surface area contributed by atoms with Gasteiger partial charge in [-0.3, -0.25) is 9.59 Å². The van der Waals surface area contributed by atoms with E-state index in [9.17, 15) is 18.0 Å². The Morgan fingerprint density at radius 3 is 1.48 bits per heavy atom. The van der Waals surface area contributed by atoms with Crippen LogP contribution in [-0.4, -0.2) is 20.0 Å². The second-order valence-electron chi connectivity index (χ2n) is 5.04. The van der Waals surface area contributed by atoms with Gasteiger partial charge >= 0.3 is 0 Å². The van der Waals surface area contributed by atoms with Crippen LogP contribution in [-0.2, 0) is 9.84 Å². The highest BCUT2D eigenvalue weighted by Gasteiger charge is 2.33. The van der Waals surface area contributed by atoms with Gasteiger partial charge in [-0.1, -0.05) is 24.3 Å². The van der Waals surface area contributed by atoms with E-state index in [0.717, 1.165) is 0 Å². The van der Waals surface area contributed by atoms with Crippen molar-refractivity contribution in [2.24, 2.45) is 0 Å². The van der Waals surface area contributed by atoms with Gasteiger partial charge < -0.3 is 0 Å². The second kappa shape index (κ2) is 4.36. The molecule has 1 aliphatic heterocycles. The van der Waals surface area contributed by atoms with Crippen molar-refractivity contribution in [2.75, 3.05) is 0 Å². The maximum atomic E-state index is 12.6. The van der Waals surface area contributed by atoms with Gasteiger partial charge in [0.1, 0.15) is 0 Å². The van der Waals surface area contributed by atoms with Gasteiger partial charge in [-0.25, -0.2) is 8.42 Å². The number of fused-ring (bicyclic) bond motifs is 3. The zero-order chi connectivity index (χ0) is 15.4. The maximum Gasteiger partial charge on any atom is 0.207 e. The highest BCUT2D eigenvalue weighted by Crippen LogP contribution is 2.43. The molecule has 0 saturated heterocycles. The van der Waals surface area contributed by atoms with E-state index in [1.165, 1.54) is 26.0 Å². The summed E-state index contributed by atoms with van der Waals surface area (Å²) < 4.78 is 25.2. The number of rotatable bonds is 2. The van der Waals surface area contributed by atoms with Crippen LogP contribution < -0.4 is 0 Å². The molecule has 0 radical (unpaired) electrons. The summed E-state index contributed by atoms with van der Waals surface area (Å²) in [5, 5.41) is 0. The number of carbonyl (C=O) groups excluding carboxylic acids is 2. The van der Waals surface area contributed by atoms with Gasteiger partial charge in [-0.15, -0.1) is 0 Å². The third kappa shape index (κ3) is 1.93. The fourth-order valence-corrected chi connectivity index (χ4v) is 4.23. The van der Waals surface area contributed by atoms with Gasteiger partial charge in [0.05, 0.1) is 9.79 Å². The topological polar surface area (TPSA) is 68.3 Å². The first kappa shape index (κ1) is 13.7. The number of hydrogen-bond acceptors (Lipinski definition) is 4. The van der Waals surface area contributed by atoms with Crippen LogP contribution in [0.25, 0.3) is 11.1 Å². The minimum Gasteiger partial charge on any atom is -0.295 e. The van der Waals surface area contributed by atoms with Crippen LogP contribution in [0.3, 0.4) is 0 Å². The van der Waals surface area contributed by atoms with Gasteiger partial charge in [0, 0.05) is 22.3 Å². The Kier molecular flexibility index (Phi) is 2.85. The fourth-order valence-electron chi connectivity index (χ4n) is 2.49. The first-order valence-corrected chi connectivity index (χ1v) is 7.86. The van der Waals surface area contributed by atoms with Crippen LogP contribution in [0.2, 0.25) is 0 Å². The Balaban J connectivity index is 2.32. The average Bonchev–Trinajstić information content (AvgIpc) is 2.67. The van der Waals surface area contributed by atoms with Crippen molar-refractivity contribution in [3.8, 4) is 11.1 Å². The average molecular weight is 300 g/mol. The van der Waals surface area contributed by atoms with Gasteiger partial charge in [0.2, 0.25) is 9.84 Å². The number of hydrogen-bond donors (Lipinski definition) is 0. The lowest BCUT2D eigenvalue weighted by Crippen LogP contribution is -2.01. The molecule has 2 aromatic rings. The molecule has 0 fully saturated rings. The number of Topliss-reactive ketones (excluding diaryl/α,β-unsaturated/α-hetero) is 2. The summed E-state index contributed by atoms with van der Waals surface area (Å²) in [6.45, 7) is 2.79. The smallest absolute Gasteiger partial charge is 0.207 e. The summed E-state index contributed by atoms with van der Waals surface area (Å²) in [5.74, 6) is -0.373. The Hall–Kier alpha value is -2.27. The molecule has 0 aromatic heterocycles. The molecule has 1 heterocycles. The molecule has 0 spiro atoms. The highest BCUT2D eigenvalue weighted by atomic mass is 32.2. The molecule has 0 amide bonds. The Morgan fingerprint density at radius 2 is 1.14 bits per heavy atom. The molecule has 0 unspecified atom stereocenters. The molecule has 0 aliphatic carbocycles. The number of sulfone groups is 1. The van der Waals surface area contributed by atoms with Crippen LogP contribution >= 0.6 is 0 Å². The molecule has 0 atom stereocenters. The Morgan fingerprint density at radius 1 is 0.762 bits per heavy atom. The van der Waals surface area contributed by atoms with Crippen LogP contribution in [0.1, 0.15) is 34.6 Å². The molecule has 3 rings (SSSR count). The maximum absolute atomic E-state index is 12.6. The zero-order valence-corrected chi connectivity index (χ0v) is 12.3. The van der Waals surface area contributed by atoms with Crippen molar-refractivity contribution in [3.05, 3.63) is 47.5 Å². The summed E-state index contributed by atoms with van der Waals surface area (Å²) in [5.41, 5.74) is 1.86. The lowest BCUT2D eigenvalue weighted by atomic mass is 10.0. The van der Waals surface area contributed by atoms with E-state index >= 15 is 0 Å². The van der Waals surface area contributed by atoms with E-state index < -0.39 is 9.84 Å². The minimum atomic E-state index is -3.68. The van der Waals surface area contributed by atoms with Crippen molar-refractivity contribution in [2.45, 2.75) is 23.6 Å². The summed E-state index contributed by atoms with van der Waals surface area (Å²) >= 11 is 0. The van der Waals surface area contributed by atoms with Gasteiger partial charge in [0.25, 0.3) is 0 Å². The molecule has 1 aliphatic rings. The monoisotopic (exact) mass is 300 g/mol. The van der Waals surface area contributed by atoms with E-state index in [4.69, 9.17) is 0 Å². The van der Waals surface area contributed by atoms with Crippen LogP contribution in [0, 0.1) is 0 Å². The molecular weight excluding hydrogens is 288 g/mol. The minimum absolute atomic E-state index is 0.130. The van der Waals surface area contributed by atoms with Crippen molar-refractivity contribution in [1.82, 2.24) is 0 Å². The molecule has 21 heavy (non-hydrogen) atoms. The Bertz CT molecular complexity index is 838. The van der Waals surface area contributed by atoms with Gasteiger partial charge in [-0.2, -0.15) is 0 Å². The second-order valence-corrected chi connectivity index (χ2v) is 6.92. The SMILES string of the molecule is CC(=O)c1ccc2c(c1)S(=O)(=O)c1cc(C(C)=O)ccc1-2. The molecule has 5 heteroatoms. The normalized spacial score (nSPS) is 14.4. The van der Waals surface area contributed by atoms with Crippen molar-refractivity contribution >= 4 is 21.4 Å².